The first-order chi connectivity index (χ1) is 10.5. The van der Waals surface area contributed by atoms with Crippen molar-refractivity contribution in [3.63, 3.8) is 0 Å². The van der Waals surface area contributed by atoms with E-state index in [4.69, 9.17) is 10.8 Å². The topological polar surface area (TPSA) is 106 Å². The third kappa shape index (κ3) is 2.66. The molecule has 7 nitrogen and oxygen atoms in total. The van der Waals surface area contributed by atoms with Crippen molar-refractivity contribution < 1.29 is 14.3 Å². The number of rotatable bonds is 3. The predicted octanol–water partition coefficient (Wildman–Crippen LogP) is 1.89. The molecule has 0 spiro atoms. The highest BCUT2D eigenvalue weighted by molar-refractivity contribution is 5.66. The molecule has 0 saturated heterocycles. The Bertz CT molecular complexity index is 862. The number of nitrogen functional groups attached to an aromatic ring is 1. The Hall–Kier alpha value is -3.16. The van der Waals surface area contributed by atoms with Crippen molar-refractivity contribution in [1.29, 1.82) is 0 Å². The largest absolute Gasteiger partial charge is 0.465 e. The predicted molar refractivity (Wildman–Crippen MR) is 77.7 cm³/mol. The first-order valence-corrected chi connectivity index (χ1v) is 6.39. The Morgan fingerprint density at radius 2 is 2.23 bits per heavy atom. The van der Waals surface area contributed by atoms with Crippen molar-refractivity contribution in [3.8, 4) is 11.3 Å². The molecule has 8 heteroatoms. The number of hydrogen-bond donors (Lipinski definition) is 3. The van der Waals surface area contributed by atoms with Gasteiger partial charge in [0, 0.05) is 41.9 Å². The van der Waals surface area contributed by atoms with Gasteiger partial charge in [-0.05, 0) is 18.2 Å². The van der Waals surface area contributed by atoms with Crippen molar-refractivity contribution in [2.45, 2.75) is 6.54 Å². The Morgan fingerprint density at radius 3 is 3.00 bits per heavy atom. The molecule has 3 aromatic rings. The number of nitrogens with one attached hydrogen (secondary N) is 1. The number of anilines is 1. The molecule has 4 N–H and O–H groups in total. The summed E-state index contributed by atoms with van der Waals surface area (Å²) in [6, 6.07) is 4.26. The number of benzene rings is 1. The van der Waals surface area contributed by atoms with Crippen LogP contribution in [0.3, 0.4) is 0 Å². The second-order valence-corrected chi connectivity index (χ2v) is 4.69. The summed E-state index contributed by atoms with van der Waals surface area (Å²) >= 11 is 0. The summed E-state index contributed by atoms with van der Waals surface area (Å²) in [6.07, 6.45) is 3.69. The van der Waals surface area contributed by atoms with Gasteiger partial charge in [-0.2, -0.15) is 0 Å². The smallest absolute Gasteiger partial charge is 0.404 e. The van der Waals surface area contributed by atoms with Gasteiger partial charge in [0.25, 0.3) is 0 Å². The van der Waals surface area contributed by atoms with Crippen LogP contribution in [0.4, 0.5) is 14.9 Å². The fraction of sp³-hybridized carbons (Fsp3) is 0.0714. The number of fused-ring (bicyclic) bond motifs is 1. The third-order valence-electron chi connectivity index (χ3n) is 3.07. The van der Waals surface area contributed by atoms with Crippen LogP contribution in [-0.2, 0) is 6.54 Å². The SMILES string of the molecule is Nc1ccc(F)c(-c2cn3cc(CNC(=O)O)cnc3n2)c1. The van der Waals surface area contributed by atoms with Gasteiger partial charge in [0.15, 0.2) is 0 Å². The minimum Gasteiger partial charge on any atom is -0.465 e. The van der Waals surface area contributed by atoms with Crippen LogP contribution in [0.15, 0.2) is 36.8 Å². The van der Waals surface area contributed by atoms with Gasteiger partial charge in [-0.25, -0.2) is 19.2 Å². The molecule has 1 amide bonds. The number of carbonyl (C=O) groups is 1. The minimum absolute atomic E-state index is 0.123. The highest BCUT2D eigenvalue weighted by atomic mass is 19.1. The Kier molecular flexibility index (Phi) is 3.34. The summed E-state index contributed by atoms with van der Waals surface area (Å²) in [4.78, 5) is 18.9. The average Bonchev–Trinajstić information content (AvgIpc) is 2.90. The van der Waals surface area contributed by atoms with E-state index in [1.54, 1.807) is 16.8 Å². The zero-order chi connectivity index (χ0) is 15.7. The first-order valence-electron chi connectivity index (χ1n) is 6.39. The summed E-state index contributed by atoms with van der Waals surface area (Å²) in [5.74, 6) is -0.0405. The van der Waals surface area contributed by atoms with Crippen LogP contribution in [0.25, 0.3) is 17.0 Å². The van der Waals surface area contributed by atoms with E-state index in [1.165, 1.54) is 24.4 Å². The quantitative estimate of drug-likeness (QED) is 0.641. The number of aromatic nitrogens is 3. The first kappa shape index (κ1) is 13.8. The molecule has 0 aliphatic rings. The van der Waals surface area contributed by atoms with Gasteiger partial charge >= 0.3 is 6.09 Å². The normalized spacial score (nSPS) is 10.8. The van der Waals surface area contributed by atoms with Gasteiger partial charge in [0.2, 0.25) is 5.78 Å². The maximum absolute atomic E-state index is 13.9. The van der Waals surface area contributed by atoms with Crippen molar-refractivity contribution >= 4 is 17.6 Å². The average molecular weight is 301 g/mol. The van der Waals surface area contributed by atoms with Gasteiger partial charge in [-0.3, -0.25) is 4.40 Å². The lowest BCUT2D eigenvalue weighted by Crippen LogP contribution is -2.20. The standard InChI is InChI=1S/C14H12FN5O2/c15-11-2-1-9(16)3-10(11)12-7-20-6-8(5-18-14(21)22)4-17-13(20)19-12/h1-4,6-7,18H,5,16H2,(H,21,22). The third-order valence-corrected chi connectivity index (χ3v) is 3.07. The molecule has 0 saturated carbocycles. The molecule has 0 bridgehead atoms. The summed E-state index contributed by atoms with van der Waals surface area (Å²) in [7, 11) is 0. The van der Waals surface area contributed by atoms with Crippen LogP contribution in [-0.4, -0.2) is 25.6 Å². The van der Waals surface area contributed by atoms with E-state index in [9.17, 15) is 9.18 Å². The molecule has 1 aromatic carbocycles. The molecule has 22 heavy (non-hydrogen) atoms. The zero-order valence-electron chi connectivity index (χ0n) is 11.3. The number of hydrogen-bond acceptors (Lipinski definition) is 4. The zero-order valence-corrected chi connectivity index (χ0v) is 11.3. The monoisotopic (exact) mass is 301 g/mol. The van der Waals surface area contributed by atoms with Gasteiger partial charge < -0.3 is 16.2 Å². The van der Waals surface area contributed by atoms with E-state index in [2.05, 4.69) is 15.3 Å². The number of carboxylic acid groups (broad SMARTS) is 1. The van der Waals surface area contributed by atoms with E-state index < -0.39 is 11.9 Å². The highest BCUT2D eigenvalue weighted by Crippen LogP contribution is 2.24. The molecule has 2 aromatic heterocycles. The van der Waals surface area contributed by atoms with E-state index in [0.29, 0.717) is 22.7 Å². The van der Waals surface area contributed by atoms with Gasteiger partial charge in [0.1, 0.15) is 5.82 Å². The molecule has 0 unspecified atom stereocenters. The molecule has 3 rings (SSSR count). The molecule has 112 valence electrons. The second-order valence-electron chi connectivity index (χ2n) is 4.69. The van der Waals surface area contributed by atoms with E-state index in [-0.39, 0.29) is 12.1 Å². The number of halogens is 1. The maximum Gasteiger partial charge on any atom is 0.404 e. The lowest BCUT2D eigenvalue weighted by Gasteiger charge is -2.01. The molecule has 2 heterocycles. The molecule has 0 fully saturated rings. The minimum atomic E-state index is -1.12. The van der Waals surface area contributed by atoms with Crippen LogP contribution in [0.5, 0.6) is 0 Å². The van der Waals surface area contributed by atoms with Gasteiger partial charge in [-0.15, -0.1) is 0 Å². The van der Waals surface area contributed by atoms with E-state index in [1.807, 2.05) is 0 Å². The summed E-state index contributed by atoms with van der Waals surface area (Å²) in [6.45, 7) is 0.123. The van der Waals surface area contributed by atoms with Crippen molar-refractivity contribution in [3.05, 3.63) is 48.2 Å². The molecule has 0 aliphatic heterocycles. The molecule has 0 atom stereocenters. The molecular weight excluding hydrogens is 289 g/mol. The van der Waals surface area contributed by atoms with E-state index in [0.717, 1.165) is 0 Å². The number of nitrogens with two attached hydrogens (primary N) is 1. The molecule has 0 aliphatic carbocycles. The van der Waals surface area contributed by atoms with Crippen LogP contribution in [0.1, 0.15) is 5.56 Å². The van der Waals surface area contributed by atoms with Crippen LogP contribution in [0.2, 0.25) is 0 Å². The lowest BCUT2D eigenvalue weighted by molar-refractivity contribution is 0.194. The maximum atomic E-state index is 13.9. The van der Waals surface area contributed by atoms with Crippen molar-refractivity contribution in [2.75, 3.05) is 5.73 Å². The highest BCUT2D eigenvalue weighted by Gasteiger charge is 2.11. The molecule has 0 radical (unpaired) electrons. The lowest BCUT2D eigenvalue weighted by atomic mass is 10.1. The van der Waals surface area contributed by atoms with Crippen LogP contribution in [0, 0.1) is 5.82 Å². The summed E-state index contributed by atoms with van der Waals surface area (Å²) in [5, 5.41) is 10.8. The number of amides is 1. The van der Waals surface area contributed by atoms with Crippen molar-refractivity contribution in [1.82, 2.24) is 19.7 Å². The molecular formula is C14H12FN5O2. The van der Waals surface area contributed by atoms with Crippen LogP contribution >= 0.6 is 0 Å². The van der Waals surface area contributed by atoms with E-state index >= 15 is 0 Å². The second kappa shape index (κ2) is 5.32. The van der Waals surface area contributed by atoms with Crippen molar-refractivity contribution in [2.24, 2.45) is 0 Å². The Balaban J connectivity index is 1.99. The number of imidazole rings is 1. The Morgan fingerprint density at radius 1 is 1.41 bits per heavy atom. The van der Waals surface area contributed by atoms with Gasteiger partial charge in [-0.1, -0.05) is 0 Å². The fourth-order valence-electron chi connectivity index (χ4n) is 2.06. The summed E-state index contributed by atoms with van der Waals surface area (Å²) in [5.41, 5.74) is 7.46. The Labute approximate surface area is 124 Å². The summed E-state index contributed by atoms with van der Waals surface area (Å²) < 4.78 is 15.5. The fourth-order valence-corrected chi connectivity index (χ4v) is 2.06. The number of nitrogens with zero attached hydrogens (tertiary/aromatic N) is 3. The van der Waals surface area contributed by atoms with Crippen LogP contribution < -0.4 is 11.1 Å². The van der Waals surface area contributed by atoms with Gasteiger partial charge in [0.05, 0.1) is 5.69 Å².